The van der Waals surface area contributed by atoms with Gasteiger partial charge in [-0.1, -0.05) is 0 Å². The number of carbonyl (C=O) groups excluding carboxylic acids is 1. The predicted octanol–water partition coefficient (Wildman–Crippen LogP) is 1.50. The number of ether oxygens (including phenoxy) is 2. The Kier molecular flexibility index (Phi) is 6.25. The maximum atomic E-state index is 12.6. The number of aliphatic hydroxyl groups is 1. The number of rotatable bonds is 7. The van der Waals surface area contributed by atoms with Crippen LogP contribution in [0.5, 0.6) is 11.5 Å². The number of hydrogen-bond acceptors (Lipinski definition) is 9. The lowest BCUT2D eigenvalue weighted by atomic mass is 10.2. The summed E-state index contributed by atoms with van der Waals surface area (Å²) in [5.74, 6) is 1.37. The molecule has 1 unspecified atom stereocenters. The van der Waals surface area contributed by atoms with Gasteiger partial charge in [-0.25, -0.2) is 4.98 Å². The third kappa shape index (κ3) is 4.43. The molecule has 3 aromatic rings. The highest BCUT2D eigenvalue weighted by atomic mass is 32.1. The van der Waals surface area contributed by atoms with Crippen LogP contribution in [0, 0.1) is 0 Å². The first-order chi connectivity index (χ1) is 16.1. The van der Waals surface area contributed by atoms with Crippen molar-refractivity contribution in [2.45, 2.75) is 25.5 Å². The minimum Gasteiger partial charge on any atom is -0.491 e. The molecule has 5 rings (SSSR count). The van der Waals surface area contributed by atoms with Crippen LogP contribution in [0.4, 0.5) is 5.82 Å². The summed E-state index contributed by atoms with van der Waals surface area (Å²) >= 11 is 1.24. The molecule has 2 aromatic heterocycles. The summed E-state index contributed by atoms with van der Waals surface area (Å²) in [4.78, 5) is 28.2. The number of methoxy groups -OCH3 is 1. The second-order valence-corrected chi connectivity index (χ2v) is 8.97. The van der Waals surface area contributed by atoms with Gasteiger partial charge in [-0.05, 0) is 38.1 Å². The summed E-state index contributed by atoms with van der Waals surface area (Å²) in [6.07, 6.45) is 3.25. The van der Waals surface area contributed by atoms with E-state index >= 15 is 0 Å². The van der Waals surface area contributed by atoms with E-state index in [2.05, 4.69) is 25.2 Å². The Labute approximate surface area is 194 Å². The molecule has 2 N–H and O–H groups in total. The first-order valence-electron chi connectivity index (χ1n) is 11.0. The summed E-state index contributed by atoms with van der Waals surface area (Å²) in [5.41, 5.74) is 2.44. The summed E-state index contributed by atoms with van der Waals surface area (Å²) in [5, 5.41) is 14.6. The van der Waals surface area contributed by atoms with Gasteiger partial charge in [-0.2, -0.15) is 4.99 Å². The van der Waals surface area contributed by atoms with Crippen LogP contribution in [-0.2, 0) is 6.54 Å². The number of thiazole rings is 1. The minimum atomic E-state index is -0.601. The van der Waals surface area contributed by atoms with E-state index < -0.39 is 6.10 Å². The molecule has 2 aliphatic rings. The molecule has 10 nitrogen and oxygen atoms in total. The van der Waals surface area contributed by atoms with Crippen LogP contribution in [0.1, 0.15) is 22.5 Å². The molecule has 0 bridgehead atoms. The van der Waals surface area contributed by atoms with E-state index in [-0.39, 0.29) is 12.5 Å². The molecule has 0 radical (unpaired) electrons. The fourth-order valence-corrected chi connectivity index (χ4v) is 4.82. The standard InChI is InChI=1S/C22H26N6O4S/c1-31-19-16(32-12-14(29)11-27-7-2-3-8-27)5-4-15-18(19)25-22(28-9-6-24-20(15)28)26-21(30)17-10-23-13-33-17/h4-5,10,13-14,24,29H,2-3,6-9,11-12H2,1H3. The van der Waals surface area contributed by atoms with E-state index in [0.717, 1.165) is 24.3 Å². The minimum absolute atomic E-state index is 0.150. The van der Waals surface area contributed by atoms with Crippen molar-refractivity contribution in [2.24, 2.45) is 4.99 Å². The highest BCUT2D eigenvalue weighted by Crippen LogP contribution is 2.37. The van der Waals surface area contributed by atoms with E-state index in [9.17, 15) is 9.90 Å². The highest BCUT2D eigenvalue weighted by Gasteiger charge is 2.22. The SMILES string of the molecule is COc1c(OCC(O)CN2CCCC2)ccc2c3n(c(=NC(=O)c4cncs4)nc12)CCN3. The van der Waals surface area contributed by atoms with Crippen molar-refractivity contribution in [2.75, 3.05) is 45.2 Å². The van der Waals surface area contributed by atoms with Gasteiger partial charge in [0.15, 0.2) is 11.5 Å². The Hall–Kier alpha value is -3.02. The zero-order chi connectivity index (χ0) is 22.8. The monoisotopic (exact) mass is 470 g/mol. The second-order valence-electron chi connectivity index (χ2n) is 8.09. The van der Waals surface area contributed by atoms with Crippen molar-refractivity contribution in [3.8, 4) is 11.5 Å². The van der Waals surface area contributed by atoms with Crippen LogP contribution in [0.25, 0.3) is 10.9 Å². The molecule has 1 amide bonds. The number of likely N-dealkylation sites (tertiary alicyclic amines) is 1. The van der Waals surface area contributed by atoms with Crippen molar-refractivity contribution < 1.29 is 19.4 Å². The number of benzene rings is 1. The number of anilines is 1. The normalized spacial score (nSPS) is 17.2. The molecule has 2 aliphatic heterocycles. The fourth-order valence-electron chi connectivity index (χ4n) is 4.31. The Morgan fingerprint density at radius 3 is 2.94 bits per heavy atom. The third-order valence-corrected chi connectivity index (χ3v) is 6.61. The summed E-state index contributed by atoms with van der Waals surface area (Å²) in [6.45, 7) is 4.13. The molecule has 0 spiro atoms. The smallest absolute Gasteiger partial charge is 0.291 e. The number of amides is 1. The van der Waals surface area contributed by atoms with Crippen molar-refractivity contribution in [3.63, 3.8) is 0 Å². The quantitative estimate of drug-likeness (QED) is 0.534. The van der Waals surface area contributed by atoms with E-state index in [4.69, 9.17) is 9.47 Å². The topological polar surface area (TPSA) is 114 Å². The molecular formula is C22H26N6O4S. The van der Waals surface area contributed by atoms with Gasteiger partial charge in [0.2, 0.25) is 5.62 Å². The van der Waals surface area contributed by atoms with Crippen LogP contribution >= 0.6 is 11.3 Å². The molecule has 4 heterocycles. The molecule has 1 aromatic carbocycles. The molecule has 0 aliphatic carbocycles. The second kappa shape index (κ2) is 9.46. The molecule has 33 heavy (non-hydrogen) atoms. The van der Waals surface area contributed by atoms with E-state index in [0.29, 0.717) is 47.1 Å². The Morgan fingerprint density at radius 1 is 1.33 bits per heavy atom. The number of fused-ring (bicyclic) bond motifs is 3. The van der Waals surface area contributed by atoms with E-state index in [1.807, 2.05) is 16.7 Å². The third-order valence-electron chi connectivity index (χ3n) is 5.85. The van der Waals surface area contributed by atoms with Crippen molar-refractivity contribution in [3.05, 3.63) is 34.3 Å². The molecule has 0 saturated carbocycles. The van der Waals surface area contributed by atoms with Crippen molar-refractivity contribution in [1.29, 1.82) is 0 Å². The molecule has 1 fully saturated rings. The summed E-state index contributed by atoms with van der Waals surface area (Å²) in [7, 11) is 1.55. The zero-order valence-electron chi connectivity index (χ0n) is 18.4. The van der Waals surface area contributed by atoms with Crippen LogP contribution in [-0.4, -0.2) is 76.4 Å². The molecule has 1 atom stereocenters. The van der Waals surface area contributed by atoms with Gasteiger partial charge in [0.1, 0.15) is 28.9 Å². The van der Waals surface area contributed by atoms with E-state index in [1.54, 1.807) is 12.6 Å². The number of β-amino-alcohol motifs (C(OH)–C–C–N with tert-alkyl or cyclic N) is 1. The Bertz CT molecular complexity index is 1220. The lowest BCUT2D eigenvalue weighted by Crippen LogP contribution is -2.33. The number of aromatic nitrogens is 3. The Morgan fingerprint density at radius 2 is 2.18 bits per heavy atom. The molecular weight excluding hydrogens is 444 g/mol. The molecule has 1 saturated heterocycles. The number of nitrogens with one attached hydrogen (secondary N) is 1. The predicted molar refractivity (Wildman–Crippen MR) is 124 cm³/mol. The van der Waals surface area contributed by atoms with Gasteiger partial charge in [0.05, 0.1) is 18.8 Å². The number of aliphatic hydroxyl groups excluding tert-OH is 1. The largest absolute Gasteiger partial charge is 0.491 e. The van der Waals surface area contributed by atoms with Gasteiger partial charge in [0, 0.05) is 25.0 Å². The van der Waals surface area contributed by atoms with E-state index in [1.165, 1.54) is 30.4 Å². The molecule has 11 heteroatoms. The summed E-state index contributed by atoms with van der Waals surface area (Å²) < 4.78 is 13.5. The van der Waals surface area contributed by atoms with Crippen LogP contribution in [0.2, 0.25) is 0 Å². The number of hydrogen-bond donors (Lipinski definition) is 2. The van der Waals surface area contributed by atoms with Gasteiger partial charge in [-0.3, -0.25) is 14.3 Å². The van der Waals surface area contributed by atoms with Crippen LogP contribution < -0.4 is 20.4 Å². The van der Waals surface area contributed by atoms with Gasteiger partial charge >= 0.3 is 0 Å². The van der Waals surface area contributed by atoms with Crippen LogP contribution in [0.15, 0.2) is 28.8 Å². The Balaban J connectivity index is 1.48. The molecule has 174 valence electrons. The average Bonchev–Trinajstić information content (AvgIpc) is 3.60. The fraction of sp³-hybridized carbons (Fsp3) is 0.455. The first kappa shape index (κ1) is 21.8. The lowest BCUT2D eigenvalue weighted by molar-refractivity contribution is 0.0748. The zero-order valence-corrected chi connectivity index (χ0v) is 19.2. The number of nitrogens with zero attached hydrogens (tertiary/aromatic N) is 5. The first-order valence-corrected chi connectivity index (χ1v) is 11.9. The average molecular weight is 471 g/mol. The van der Waals surface area contributed by atoms with Gasteiger partial charge < -0.3 is 24.8 Å². The maximum Gasteiger partial charge on any atom is 0.291 e. The lowest BCUT2D eigenvalue weighted by Gasteiger charge is -2.20. The number of carbonyl (C=O) groups is 1. The van der Waals surface area contributed by atoms with Crippen molar-refractivity contribution in [1.82, 2.24) is 19.4 Å². The van der Waals surface area contributed by atoms with Crippen molar-refractivity contribution >= 4 is 34.0 Å². The highest BCUT2D eigenvalue weighted by molar-refractivity contribution is 7.11. The van der Waals surface area contributed by atoms with Gasteiger partial charge in [-0.15, -0.1) is 11.3 Å². The van der Waals surface area contributed by atoms with Gasteiger partial charge in [0.25, 0.3) is 5.91 Å². The maximum absolute atomic E-state index is 12.6. The van der Waals surface area contributed by atoms with Crippen LogP contribution in [0.3, 0.4) is 0 Å². The summed E-state index contributed by atoms with van der Waals surface area (Å²) in [6, 6.07) is 3.73.